The van der Waals surface area contributed by atoms with Crippen molar-refractivity contribution in [2.75, 3.05) is 10.2 Å². The number of anilines is 5. The molecule has 12 rings (SSSR count). The van der Waals surface area contributed by atoms with Crippen molar-refractivity contribution in [3.05, 3.63) is 284 Å². The molecule has 1 aliphatic rings. The first-order valence-electron chi connectivity index (χ1n) is 24.6. The van der Waals surface area contributed by atoms with E-state index in [9.17, 15) is 0 Å². The molecule has 0 saturated carbocycles. The molecule has 1 N–H and O–H groups in total. The second-order valence-electron chi connectivity index (χ2n) is 19.1. The maximum atomic E-state index is 3.73. The number of nitrogens with zero attached hydrogens (tertiary/aromatic N) is 1. The van der Waals surface area contributed by atoms with Crippen molar-refractivity contribution in [3.63, 3.8) is 0 Å². The molecule has 0 aliphatic heterocycles. The average molecular weight is 909 g/mol. The molecule has 0 saturated heterocycles. The zero-order valence-corrected chi connectivity index (χ0v) is 39.9. The molecule has 0 amide bonds. The molecule has 338 valence electrons. The molecule has 0 unspecified atom stereocenters. The molecule has 2 nitrogen and oxygen atoms in total. The van der Waals surface area contributed by atoms with Gasteiger partial charge >= 0.3 is 0 Å². The summed E-state index contributed by atoms with van der Waals surface area (Å²) >= 11 is 0. The van der Waals surface area contributed by atoms with Gasteiger partial charge in [0.05, 0.1) is 0 Å². The molecule has 0 heterocycles. The van der Waals surface area contributed by atoms with Gasteiger partial charge < -0.3 is 10.2 Å². The highest BCUT2D eigenvalue weighted by molar-refractivity contribution is 5.88. The molecule has 71 heavy (non-hydrogen) atoms. The van der Waals surface area contributed by atoms with E-state index in [-0.39, 0.29) is 5.41 Å². The summed E-state index contributed by atoms with van der Waals surface area (Å²) in [5.41, 5.74) is 24.9. The summed E-state index contributed by atoms with van der Waals surface area (Å²) in [6.45, 7) is 4.73. The molecule has 0 bridgehead atoms. The van der Waals surface area contributed by atoms with Gasteiger partial charge in [0.25, 0.3) is 0 Å². The van der Waals surface area contributed by atoms with Crippen LogP contribution in [0.15, 0.2) is 273 Å². The monoisotopic (exact) mass is 908 g/mol. The minimum absolute atomic E-state index is 0.237. The smallest absolute Gasteiger partial charge is 0.0465 e. The van der Waals surface area contributed by atoms with Crippen LogP contribution in [0.2, 0.25) is 0 Å². The van der Waals surface area contributed by atoms with E-state index < -0.39 is 0 Å². The van der Waals surface area contributed by atoms with Crippen LogP contribution in [0.3, 0.4) is 0 Å². The maximum absolute atomic E-state index is 3.73. The van der Waals surface area contributed by atoms with Crippen molar-refractivity contribution in [3.8, 4) is 77.9 Å². The Kier molecular flexibility index (Phi) is 11.3. The molecule has 0 fully saturated rings. The second-order valence-corrected chi connectivity index (χ2v) is 19.1. The van der Waals surface area contributed by atoms with Gasteiger partial charge in [-0.15, -0.1) is 0 Å². The fourth-order valence-electron chi connectivity index (χ4n) is 10.4. The first-order valence-corrected chi connectivity index (χ1v) is 24.6. The lowest BCUT2D eigenvalue weighted by Crippen LogP contribution is -2.16. The van der Waals surface area contributed by atoms with Crippen molar-refractivity contribution in [2.24, 2.45) is 0 Å². The van der Waals surface area contributed by atoms with Crippen LogP contribution in [0.4, 0.5) is 28.4 Å². The van der Waals surface area contributed by atoms with Crippen molar-refractivity contribution in [1.82, 2.24) is 0 Å². The number of rotatable bonds is 11. The van der Waals surface area contributed by atoms with Gasteiger partial charge in [0.15, 0.2) is 0 Å². The van der Waals surface area contributed by atoms with E-state index in [0.29, 0.717) is 0 Å². The van der Waals surface area contributed by atoms with Gasteiger partial charge in [-0.1, -0.05) is 208 Å². The van der Waals surface area contributed by atoms with E-state index >= 15 is 0 Å². The molecule has 1 aliphatic carbocycles. The van der Waals surface area contributed by atoms with Crippen LogP contribution < -0.4 is 10.2 Å². The largest absolute Gasteiger partial charge is 0.356 e. The standard InChI is InChI=1S/C69H52N2/c1-69(2)67-46-61(70-60-33-27-51(28-34-60)57-24-12-21-54(43-57)48-15-6-3-7-16-48)35-41-65(67)66-42-40-64(47-68(66)69)71(62-36-29-52(30-37-62)58-25-13-22-55(44-58)49-17-8-4-9-18-49)63-38-31-53(32-39-63)59-26-14-23-56(45-59)50-19-10-5-11-20-50/h3-47,70H,1-2H3. The zero-order chi connectivity index (χ0) is 47.7. The van der Waals surface area contributed by atoms with Crippen LogP contribution in [-0.2, 0) is 5.41 Å². The molecule has 11 aromatic carbocycles. The van der Waals surface area contributed by atoms with Crippen molar-refractivity contribution < 1.29 is 0 Å². The molecule has 0 spiro atoms. The summed E-state index contributed by atoms with van der Waals surface area (Å²) in [5.74, 6) is 0. The zero-order valence-electron chi connectivity index (χ0n) is 39.9. The second kappa shape index (κ2) is 18.5. The third kappa shape index (κ3) is 8.62. The van der Waals surface area contributed by atoms with Gasteiger partial charge in [0.1, 0.15) is 0 Å². The summed E-state index contributed by atoms with van der Waals surface area (Å²) < 4.78 is 0. The number of fused-ring (bicyclic) bond motifs is 3. The predicted octanol–water partition coefficient (Wildman–Crippen LogP) is 19.2. The fourth-order valence-corrected chi connectivity index (χ4v) is 10.4. The number of benzene rings is 11. The first-order chi connectivity index (χ1) is 34.9. The van der Waals surface area contributed by atoms with Gasteiger partial charge in [-0.05, 0) is 168 Å². The van der Waals surface area contributed by atoms with Crippen LogP contribution in [-0.4, -0.2) is 0 Å². The average Bonchev–Trinajstić information content (AvgIpc) is 3.66. The van der Waals surface area contributed by atoms with Crippen LogP contribution >= 0.6 is 0 Å². The van der Waals surface area contributed by atoms with Gasteiger partial charge in [-0.25, -0.2) is 0 Å². The van der Waals surface area contributed by atoms with Crippen LogP contribution in [0.25, 0.3) is 77.9 Å². The van der Waals surface area contributed by atoms with E-state index in [1.165, 1.54) is 89.0 Å². The highest BCUT2D eigenvalue weighted by atomic mass is 15.1. The van der Waals surface area contributed by atoms with E-state index in [0.717, 1.165) is 28.4 Å². The van der Waals surface area contributed by atoms with E-state index in [2.05, 4.69) is 297 Å². The Balaban J connectivity index is 0.852. The van der Waals surface area contributed by atoms with Gasteiger partial charge in [-0.2, -0.15) is 0 Å². The quantitative estimate of drug-likeness (QED) is 0.139. The van der Waals surface area contributed by atoms with Crippen LogP contribution in [0.1, 0.15) is 25.0 Å². The Morgan fingerprint density at radius 2 is 0.563 bits per heavy atom. The van der Waals surface area contributed by atoms with Crippen LogP contribution in [0, 0.1) is 0 Å². The Morgan fingerprint density at radius 3 is 0.972 bits per heavy atom. The van der Waals surface area contributed by atoms with Gasteiger partial charge in [0, 0.05) is 33.9 Å². The number of hydrogen-bond donors (Lipinski definition) is 1. The lowest BCUT2D eigenvalue weighted by molar-refractivity contribution is 0.660. The Hall–Kier alpha value is -8.98. The predicted molar refractivity (Wildman–Crippen MR) is 301 cm³/mol. The van der Waals surface area contributed by atoms with Crippen molar-refractivity contribution in [1.29, 1.82) is 0 Å². The Labute approximate surface area is 417 Å². The highest BCUT2D eigenvalue weighted by Crippen LogP contribution is 2.52. The van der Waals surface area contributed by atoms with E-state index in [1.54, 1.807) is 0 Å². The van der Waals surface area contributed by atoms with E-state index in [1.807, 2.05) is 0 Å². The van der Waals surface area contributed by atoms with E-state index in [4.69, 9.17) is 0 Å². The van der Waals surface area contributed by atoms with Gasteiger partial charge in [0.2, 0.25) is 0 Å². The minimum Gasteiger partial charge on any atom is -0.356 e. The lowest BCUT2D eigenvalue weighted by Gasteiger charge is -2.28. The summed E-state index contributed by atoms with van der Waals surface area (Å²) in [4.78, 5) is 2.41. The van der Waals surface area contributed by atoms with Crippen molar-refractivity contribution >= 4 is 28.4 Å². The third-order valence-electron chi connectivity index (χ3n) is 14.3. The van der Waals surface area contributed by atoms with Crippen LogP contribution in [0.5, 0.6) is 0 Å². The Morgan fingerprint density at radius 1 is 0.254 bits per heavy atom. The summed E-state index contributed by atoms with van der Waals surface area (Å²) in [6.07, 6.45) is 0. The summed E-state index contributed by atoms with van der Waals surface area (Å²) in [7, 11) is 0. The molecule has 0 aromatic heterocycles. The highest BCUT2D eigenvalue weighted by Gasteiger charge is 2.36. The Bertz CT molecular complexity index is 3520. The van der Waals surface area contributed by atoms with Gasteiger partial charge in [-0.3, -0.25) is 0 Å². The lowest BCUT2D eigenvalue weighted by atomic mass is 9.82. The molecular weight excluding hydrogens is 857 g/mol. The third-order valence-corrected chi connectivity index (χ3v) is 14.3. The number of nitrogens with one attached hydrogen (secondary N) is 1. The molecule has 0 radical (unpaired) electrons. The topological polar surface area (TPSA) is 15.3 Å². The number of hydrogen-bond acceptors (Lipinski definition) is 2. The molecule has 0 atom stereocenters. The molecular formula is C69H52N2. The first kappa shape index (κ1) is 43.3. The normalized spacial score (nSPS) is 12.2. The SMILES string of the molecule is CC1(C)c2cc(Nc3ccc(-c4cccc(-c5ccccc5)c4)cc3)ccc2-c2ccc(N(c3ccc(-c4cccc(-c5ccccc5)c4)cc3)c3ccc(-c4cccc(-c5ccccc5)c4)cc3)cc21. The fraction of sp³-hybridized carbons (Fsp3) is 0.0435. The molecule has 2 heteroatoms. The summed E-state index contributed by atoms with van der Waals surface area (Å²) in [6, 6.07) is 99.0. The maximum Gasteiger partial charge on any atom is 0.0465 e. The molecule has 11 aromatic rings. The minimum atomic E-state index is -0.237. The van der Waals surface area contributed by atoms with Crippen molar-refractivity contribution in [2.45, 2.75) is 19.3 Å². The summed E-state index contributed by atoms with van der Waals surface area (Å²) in [5, 5.41) is 3.73.